The van der Waals surface area contributed by atoms with Crippen LogP contribution < -0.4 is 9.47 Å². The summed E-state index contributed by atoms with van der Waals surface area (Å²) >= 11 is 0. The van der Waals surface area contributed by atoms with Gasteiger partial charge in [0, 0.05) is 38.6 Å². The third kappa shape index (κ3) is 9.98. The first kappa shape index (κ1) is 49.6. The van der Waals surface area contributed by atoms with Gasteiger partial charge in [0.15, 0.2) is 11.5 Å². The second-order valence-electron chi connectivity index (χ2n) is 16.7. The number of hydrogen-bond acceptors (Lipinski definition) is 14. The number of rotatable bonds is 15. The summed E-state index contributed by atoms with van der Waals surface area (Å²) in [6.07, 6.45) is -2.75. The minimum atomic E-state index is -4.81. The number of fused-ring (bicyclic) bond motifs is 2. The normalized spacial score (nSPS) is 13.4. The summed E-state index contributed by atoms with van der Waals surface area (Å²) < 4.78 is 82.7. The first-order valence-electron chi connectivity index (χ1n) is 22.3. The van der Waals surface area contributed by atoms with Crippen LogP contribution in [0.3, 0.4) is 0 Å². The Balaban J connectivity index is 1.27. The number of ether oxygens (including phenoxy) is 2. The van der Waals surface area contributed by atoms with E-state index in [4.69, 9.17) is 9.47 Å². The van der Waals surface area contributed by atoms with Crippen LogP contribution >= 0.6 is 0 Å². The summed E-state index contributed by atoms with van der Waals surface area (Å²) in [5.41, 5.74) is 2.50. The van der Waals surface area contributed by atoms with Crippen LogP contribution in [0.25, 0.3) is 21.5 Å². The SMILES string of the molecule is COc1cc(C(c2ccccc2)c2cc(OC)c(N=Nc3cc(S(=O)(=O)O)c4ccccc4c3O)c(C(O)c3ccccc3)c2)cc(C(O)c2ccccc2)c1N=Nc1cc(S(=O)(=O)O)c2ccccc2c1O. The van der Waals surface area contributed by atoms with Gasteiger partial charge in [-0.25, -0.2) is 0 Å². The van der Waals surface area contributed by atoms with Crippen molar-refractivity contribution < 1.29 is 55.8 Å². The lowest BCUT2D eigenvalue weighted by molar-refractivity contribution is 0.220. The molecular formula is C55H44N4O12S2. The summed E-state index contributed by atoms with van der Waals surface area (Å²) in [6, 6.07) is 47.5. The maximum absolute atomic E-state index is 12.6. The molecule has 9 aromatic carbocycles. The smallest absolute Gasteiger partial charge is 0.295 e. The van der Waals surface area contributed by atoms with Gasteiger partial charge in [-0.2, -0.15) is 16.8 Å². The molecule has 0 fully saturated rings. The number of aliphatic hydroxyl groups is 2. The zero-order valence-electron chi connectivity index (χ0n) is 38.7. The molecule has 368 valence electrons. The van der Waals surface area contributed by atoms with Gasteiger partial charge in [0.1, 0.15) is 56.2 Å². The second-order valence-corrected chi connectivity index (χ2v) is 19.5. The molecule has 0 heterocycles. The Hall–Kier alpha value is -8.36. The molecule has 0 amide bonds. The highest BCUT2D eigenvalue weighted by atomic mass is 32.2. The lowest BCUT2D eigenvalue weighted by Crippen LogP contribution is -2.09. The molecule has 0 bridgehead atoms. The molecule has 0 aromatic heterocycles. The highest BCUT2D eigenvalue weighted by Gasteiger charge is 2.29. The zero-order valence-corrected chi connectivity index (χ0v) is 40.3. The molecule has 0 saturated carbocycles. The zero-order chi connectivity index (χ0) is 51.6. The Morgan fingerprint density at radius 2 is 0.740 bits per heavy atom. The highest BCUT2D eigenvalue weighted by Crippen LogP contribution is 2.49. The van der Waals surface area contributed by atoms with Crippen molar-refractivity contribution in [3.8, 4) is 23.0 Å². The van der Waals surface area contributed by atoms with Gasteiger partial charge in [0.2, 0.25) is 0 Å². The standard InChI is InChI=1S/C55H44N4O12S2/c1-70-45-28-35(26-41(52(60)33-18-8-4-9-19-33)50(45)58-56-43-30-47(72(64,65)66)37-22-12-14-24-39(37)54(43)62)49(32-16-6-3-7-17-32)36-27-42(53(61)34-20-10-5-11-21-34)51(46(29-36)71-2)59-57-44-31-48(73(67,68)69)38-23-13-15-25-40(38)55(44)63/h3-31,49,52-53,60-63H,1-2H3,(H,64,65,66)(H,67,68,69). The summed E-state index contributed by atoms with van der Waals surface area (Å²) in [6.45, 7) is 0. The van der Waals surface area contributed by atoms with Crippen LogP contribution in [0, 0.1) is 0 Å². The van der Waals surface area contributed by atoms with E-state index in [0.717, 1.165) is 17.7 Å². The molecule has 0 radical (unpaired) electrons. The van der Waals surface area contributed by atoms with Gasteiger partial charge >= 0.3 is 0 Å². The van der Waals surface area contributed by atoms with Crippen molar-refractivity contribution in [3.05, 3.63) is 215 Å². The summed E-state index contributed by atoms with van der Waals surface area (Å²) in [5.74, 6) is -1.38. The van der Waals surface area contributed by atoms with Crippen LogP contribution in [0.2, 0.25) is 0 Å². The maximum Gasteiger partial charge on any atom is 0.295 e. The number of nitrogens with zero attached hydrogens (tertiary/aromatic N) is 4. The van der Waals surface area contributed by atoms with Crippen LogP contribution in [0.15, 0.2) is 206 Å². The van der Waals surface area contributed by atoms with Crippen molar-refractivity contribution in [1.82, 2.24) is 0 Å². The van der Waals surface area contributed by atoms with E-state index >= 15 is 0 Å². The quantitative estimate of drug-likeness (QED) is 0.0318. The van der Waals surface area contributed by atoms with E-state index in [2.05, 4.69) is 20.5 Å². The van der Waals surface area contributed by atoms with E-state index in [1.54, 1.807) is 109 Å². The Morgan fingerprint density at radius 1 is 0.411 bits per heavy atom. The van der Waals surface area contributed by atoms with Crippen LogP contribution in [0.1, 0.15) is 57.1 Å². The van der Waals surface area contributed by atoms with Gasteiger partial charge in [-0.15, -0.1) is 20.5 Å². The average Bonchev–Trinajstić information content (AvgIpc) is 3.40. The first-order chi connectivity index (χ1) is 35.1. The largest absolute Gasteiger partial charge is 0.505 e. The molecule has 73 heavy (non-hydrogen) atoms. The van der Waals surface area contributed by atoms with Crippen molar-refractivity contribution >= 4 is 64.5 Å². The number of methoxy groups -OCH3 is 2. The third-order valence-electron chi connectivity index (χ3n) is 12.3. The van der Waals surface area contributed by atoms with Crippen LogP contribution in [0.5, 0.6) is 23.0 Å². The van der Waals surface area contributed by atoms with E-state index in [-0.39, 0.29) is 66.9 Å². The van der Waals surface area contributed by atoms with Crippen molar-refractivity contribution in [2.45, 2.75) is 27.9 Å². The Bertz CT molecular complexity index is 3610. The highest BCUT2D eigenvalue weighted by molar-refractivity contribution is 7.86. The van der Waals surface area contributed by atoms with Gasteiger partial charge in [-0.1, -0.05) is 140 Å². The van der Waals surface area contributed by atoms with Gasteiger partial charge in [0.25, 0.3) is 20.2 Å². The maximum atomic E-state index is 12.6. The predicted octanol–water partition coefficient (Wildman–Crippen LogP) is 12.1. The van der Waals surface area contributed by atoms with Crippen molar-refractivity contribution in [3.63, 3.8) is 0 Å². The Kier molecular flexibility index (Phi) is 13.9. The van der Waals surface area contributed by atoms with Gasteiger partial charge in [0.05, 0.1) is 14.2 Å². The summed E-state index contributed by atoms with van der Waals surface area (Å²) in [7, 11) is -6.83. The van der Waals surface area contributed by atoms with Crippen LogP contribution in [0.4, 0.5) is 22.7 Å². The second kappa shape index (κ2) is 20.4. The van der Waals surface area contributed by atoms with Crippen LogP contribution in [-0.2, 0) is 20.2 Å². The van der Waals surface area contributed by atoms with Gasteiger partial charge in [-0.05, 0) is 64.2 Å². The molecule has 9 aromatic rings. The molecule has 9 rings (SSSR count). The molecule has 0 aliphatic heterocycles. The lowest BCUT2D eigenvalue weighted by Gasteiger charge is -2.25. The molecule has 0 aliphatic carbocycles. The molecule has 18 heteroatoms. The number of aliphatic hydroxyl groups excluding tert-OH is 2. The van der Waals surface area contributed by atoms with Crippen molar-refractivity contribution in [1.29, 1.82) is 0 Å². The summed E-state index contributed by atoms with van der Waals surface area (Å²) in [4.78, 5) is -1.02. The number of hydrogen-bond donors (Lipinski definition) is 6. The number of benzene rings is 9. The monoisotopic (exact) mass is 1020 g/mol. The van der Waals surface area contributed by atoms with Crippen molar-refractivity contribution in [2.75, 3.05) is 14.2 Å². The fourth-order valence-corrected chi connectivity index (χ4v) is 10.3. The Labute approximate surface area is 419 Å². The third-order valence-corrected chi connectivity index (χ3v) is 14.1. The van der Waals surface area contributed by atoms with Gasteiger partial charge < -0.3 is 29.9 Å². The molecule has 0 saturated heterocycles. The molecule has 2 atom stereocenters. The minimum Gasteiger partial charge on any atom is -0.505 e. The van der Waals surface area contributed by atoms with E-state index in [0.29, 0.717) is 22.3 Å². The molecule has 0 spiro atoms. The number of aromatic hydroxyl groups is 2. The van der Waals surface area contributed by atoms with E-state index < -0.39 is 59.7 Å². The first-order valence-corrected chi connectivity index (χ1v) is 25.2. The number of phenolic OH excluding ortho intramolecular Hbond substituents is 2. The topological polar surface area (TPSA) is 258 Å². The number of azo groups is 2. The number of phenols is 2. The van der Waals surface area contributed by atoms with Crippen molar-refractivity contribution in [2.24, 2.45) is 20.5 Å². The van der Waals surface area contributed by atoms with E-state index in [9.17, 15) is 46.4 Å². The fraction of sp³-hybridized carbons (Fsp3) is 0.0909. The molecule has 16 nitrogen and oxygen atoms in total. The molecular weight excluding hydrogens is 973 g/mol. The van der Waals surface area contributed by atoms with E-state index in [1.807, 2.05) is 30.3 Å². The van der Waals surface area contributed by atoms with E-state index in [1.165, 1.54) is 38.5 Å². The molecule has 6 N–H and O–H groups in total. The fourth-order valence-electron chi connectivity index (χ4n) is 8.84. The molecule has 0 aliphatic rings. The van der Waals surface area contributed by atoms with Crippen LogP contribution in [-0.4, -0.2) is 60.6 Å². The Morgan fingerprint density at radius 3 is 1.08 bits per heavy atom. The molecule has 2 unspecified atom stereocenters. The lowest BCUT2D eigenvalue weighted by atomic mass is 9.81. The summed E-state index contributed by atoms with van der Waals surface area (Å²) in [5, 5.41) is 65.1. The minimum absolute atomic E-state index is 0.0120. The van der Waals surface area contributed by atoms with Gasteiger partial charge in [-0.3, -0.25) is 9.11 Å². The average molecular weight is 1020 g/mol. The predicted molar refractivity (Wildman–Crippen MR) is 274 cm³/mol.